The number of halogens is 1. The largest absolute Gasteiger partial charge is 0.481 e. The summed E-state index contributed by atoms with van der Waals surface area (Å²) in [5.41, 5.74) is 0.420. The number of carbonyl (C=O) groups excluding carboxylic acids is 1. The zero-order valence-electron chi connectivity index (χ0n) is 13.9. The molecule has 136 valence electrons. The number of aromatic nitrogens is 2. The Hall–Kier alpha value is -2.87. The average molecular weight is 378 g/mol. The van der Waals surface area contributed by atoms with Crippen LogP contribution in [0.15, 0.2) is 30.6 Å². The van der Waals surface area contributed by atoms with Crippen molar-refractivity contribution in [1.82, 2.24) is 9.97 Å². The van der Waals surface area contributed by atoms with Gasteiger partial charge in [0.1, 0.15) is 11.5 Å². The van der Waals surface area contributed by atoms with Crippen molar-refractivity contribution >= 4 is 29.2 Å². The molecule has 0 radical (unpaired) electrons. The van der Waals surface area contributed by atoms with Crippen molar-refractivity contribution in [1.29, 1.82) is 0 Å². The first-order valence-corrected chi connectivity index (χ1v) is 8.25. The van der Waals surface area contributed by atoms with Crippen molar-refractivity contribution in [2.45, 2.75) is 19.4 Å². The minimum atomic E-state index is -0.992. The Morgan fingerprint density at radius 3 is 2.85 bits per heavy atom. The molecule has 1 aliphatic heterocycles. The minimum absolute atomic E-state index is 0.0370. The highest BCUT2D eigenvalue weighted by molar-refractivity contribution is 6.32. The Morgan fingerprint density at radius 2 is 2.15 bits per heavy atom. The number of aliphatic carboxylic acids is 1. The summed E-state index contributed by atoms with van der Waals surface area (Å²) in [6.07, 6.45) is 2.61. The van der Waals surface area contributed by atoms with Crippen molar-refractivity contribution in [3.63, 3.8) is 0 Å². The van der Waals surface area contributed by atoms with Gasteiger partial charge in [-0.25, -0.2) is 9.97 Å². The molecular weight excluding hydrogens is 362 g/mol. The molecule has 0 spiro atoms. The van der Waals surface area contributed by atoms with E-state index < -0.39 is 12.1 Å². The van der Waals surface area contributed by atoms with Gasteiger partial charge in [-0.2, -0.15) is 0 Å². The van der Waals surface area contributed by atoms with E-state index in [0.29, 0.717) is 23.0 Å². The Bertz CT molecular complexity index is 831. The summed E-state index contributed by atoms with van der Waals surface area (Å²) >= 11 is 6.29. The Labute approximate surface area is 154 Å². The van der Waals surface area contributed by atoms with Crippen LogP contribution >= 0.6 is 11.6 Å². The van der Waals surface area contributed by atoms with E-state index >= 15 is 0 Å². The number of amides is 1. The summed E-state index contributed by atoms with van der Waals surface area (Å²) in [6, 6.07) is 4.82. The second-order valence-electron chi connectivity index (χ2n) is 5.60. The van der Waals surface area contributed by atoms with E-state index in [1.165, 1.54) is 11.0 Å². The maximum absolute atomic E-state index is 12.0. The lowest BCUT2D eigenvalue weighted by Crippen LogP contribution is -2.40. The number of hydrogen-bond acceptors (Lipinski definition) is 6. The van der Waals surface area contributed by atoms with Gasteiger partial charge >= 0.3 is 5.97 Å². The minimum Gasteiger partial charge on any atom is -0.481 e. The van der Waals surface area contributed by atoms with Crippen LogP contribution in [0.3, 0.4) is 0 Å². The van der Waals surface area contributed by atoms with Crippen LogP contribution in [0.4, 0.5) is 5.69 Å². The maximum atomic E-state index is 12.0. The molecule has 1 amide bonds. The van der Waals surface area contributed by atoms with Crippen LogP contribution in [-0.4, -0.2) is 40.1 Å². The van der Waals surface area contributed by atoms with Crippen LogP contribution in [0.5, 0.6) is 11.5 Å². The highest BCUT2D eigenvalue weighted by atomic mass is 35.5. The number of ether oxygens (including phenoxy) is 2. The van der Waals surface area contributed by atoms with E-state index in [9.17, 15) is 9.59 Å². The smallest absolute Gasteiger partial charge is 0.305 e. The summed E-state index contributed by atoms with van der Waals surface area (Å²) < 4.78 is 11.3. The van der Waals surface area contributed by atoms with Crippen LogP contribution < -0.4 is 14.4 Å². The lowest BCUT2D eigenvalue weighted by Gasteiger charge is -2.30. The third kappa shape index (κ3) is 3.85. The Balaban J connectivity index is 1.85. The van der Waals surface area contributed by atoms with Gasteiger partial charge in [0.05, 0.1) is 17.1 Å². The van der Waals surface area contributed by atoms with Gasteiger partial charge in [-0.3, -0.25) is 9.59 Å². The molecular formula is C17H16ClN3O5. The van der Waals surface area contributed by atoms with E-state index in [2.05, 4.69) is 9.97 Å². The predicted octanol–water partition coefficient (Wildman–Crippen LogP) is 2.47. The summed E-state index contributed by atoms with van der Waals surface area (Å²) in [5.74, 6) is -0.0583. The number of anilines is 1. The van der Waals surface area contributed by atoms with Gasteiger partial charge in [0.2, 0.25) is 0 Å². The molecule has 0 bridgehead atoms. The lowest BCUT2D eigenvalue weighted by molar-refractivity contribution is -0.136. The summed E-state index contributed by atoms with van der Waals surface area (Å²) in [7, 11) is 0. The van der Waals surface area contributed by atoms with E-state index in [1.54, 1.807) is 31.5 Å². The van der Waals surface area contributed by atoms with E-state index in [-0.39, 0.29) is 30.5 Å². The number of carboxylic acids is 1. The molecule has 1 atom stereocenters. The van der Waals surface area contributed by atoms with Gasteiger partial charge in [-0.05, 0) is 19.1 Å². The number of nitrogens with zero attached hydrogens (tertiary/aromatic N) is 3. The molecule has 0 aliphatic carbocycles. The quantitative estimate of drug-likeness (QED) is 0.824. The predicted molar refractivity (Wildman–Crippen MR) is 92.6 cm³/mol. The Kier molecular flexibility index (Phi) is 5.22. The van der Waals surface area contributed by atoms with Gasteiger partial charge in [0.15, 0.2) is 18.5 Å². The molecule has 1 N–H and O–H groups in total. The second kappa shape index (κ2) is 7.57. The zero-order valence-corrected chi connectivity index (χ0v) is 14.6. The number of hydrogen-bond donors (Lipinski definition) is 1. The molecule has 0 saturated carbocycles. The fourth-order valence-electron chi connectivity index (χ4n) is 2.51. The molecule has 3 rings (SSSR count). The molecule has 2 heterocycles. The van der Waals surface area contributed by atoms with Crippen LogP contribution in [-0.2, 0) is 9.59 Å². The van der Waals surface area contributed by atoms with Crippen molar-refractivity contribution in [2.24, 2.45) is 0 Å². The van der Waals surface area contributed by atoms with E-state index in [4.69, 9.17) is 26.2 Å². The molecule has 8 nitrogen and oxygen atoms in total. The van der Waals surface area contributed by atoms with Crippen molar-refractivity contribution in [2.75, 3.05) is 18.1 Å². The average Bonchev–Trinajstić information content (AvgIpc) is 2.62. The fraction of sp³-hybridized carbons (Fsp3) is 0.294. The molecule has 1 aliphatic rings. The van der Waals surface area contributed by atoms with E-state index in [1.807, 2.05) is 0 Å². The molecule has 0 saturated heterocycles. The molecule has 9 heteroatoms. The first-order valence-electron chi connectivity index (χ1n) is 7.88. The fourth-order valence-corrected chi connectivity index (χ4v) is 2.71. The first kappa shape index (κ1) is 17.9. The van der Waals surface area contributed by atoms with Gasteiger partial charge in [-0.1, -0.05) is 11.6 Å². The Morgan fingerprint density at radius 1 is 1.42 bits per heavy atom. The van der Waals surface area contributed by atoms with Crippen molar-refractivity contribution in [3.8, 4) is 11.5 Å². The zero-order chi connectivity index (χ0) is 18.7. The molecule has 0 unspecified atom stereocenters. The lowest BCUT2D eigenvalue weighted by atomic mass is 10.2. The third-order valence-electron chi connectivity index (χ3n) is 3.76. The number of benzene rings is 1. The molecule has 0 fully saturated rings. The van der Waals surface area contributed by atoms with Crippen LogP contribution in [0.1, 0.15) is 25.3 Å². The monoisotopic (exact) mass is 377 g/mol. The number of carboxylic acid groups (broad SMARTS) is 1. The van der Waals surface area contributed by atoms with E-state index in [0.717, 1.165) is 0 Å². The molecule has 2 aromatic rings. The van der Waals surface area contributed by atoms with Crippen LogP contribution in [0, 0.1) is 0 Å². The normalized spacial score (nSPS) is 14.4. The maximum Gasteiger partial charge on any atom is 0.305 e. The SMILES string of the molecule is C[C@H](Oc1cc2c(cc1Cl)N(CCC(=O)O)C(=O)CO2)c1ncccn1. The second-order valence-corrected chi connectivity index (χ2v) is 6.00. The molecule has 1 aromatic carbocycles. The van der Waals surface area contributed by atoms with Crippen LogP contribution in [0.25, 0.3) is 0 Å². The van der Waals surface area contributed by atoms with Gasteiger partial charge in [0, 0.05) is 25.0 Å². The molecule has 26 heavy (non-hydrogen) atoms. The summed E-state index contributed by atoms with van der Waals surface area (Å²) in [6.45, 7) is 1.65. The highest BCUT2D eigenvalue weighted by Gasteiger charge is 2.28. The first-order chi connectivity index (χ1) is 12.5. The van der Waals surface area contributed by atoms with Crippen molar-refractivity contribution < 1.29 is 24.2 Å². The topological polar surface area (TPSA) is 102 Å². The number of rotatable bonds is 6. The highest BCUT2D eigenvalue weighted by Crippen LogP contribution is 2.41. The van der Waals surface area contributed by atoms with Gasteiger partial charge < -0.3 is 19.5 Å². The van der Waals surface area contributed by atoms with Gasteiger partial charge in [0.25, 0.3) is 5.91 Å². The summed E-state index contributed by atoms with van der Waals surface area (Å²) in [5, 5.41) is 9.13. The molecule has 1 aromatic heterocycles. The number of carbonyl (C=O) groups is 2. The number of fused-ring (bicyclic) bond motifs is 1. The summed E-state index contributed by atoms with van der Waals surface area (Å²) in [4.78, 5) is 32.5. The van der Waals surface area contributed by atoms with Gasteiger partial charge in [-0.15, -0.1) is 0 Å². The third-order valence-corrected chi connectivity index (χ3v) is 4.05. The standard InChI is InChI=1S/C17H16ClN3O5/c1-10(17-19-4-2-5-20-17)26-13-8-14-12(7-11(13)18)21(6-3-16(23)24)15(22)9-25-14/h2,4-5,7-8,10H,3,6,9H2,1H3,(H,23,24)/t10-/m0/s1. The van der Waals surface area contributed by atoms with Crippen molar-refractivity contribution in [3.05, 3.63) is 41.4 Å². The van der Waals surface area contributed by atoms with Crippen LogP contribution in [0.2, 0.25) is 5.02 Å².